The summed E-state index contributed by atoms with van der Waals surface area (Å²) in [5.41, 5.74) is 8.54. The van der Waals surface area contributed by atoms with Crippen molar-refractivity contribution in [2.75, 3.05) is 5.73 Å². The van der Waals surface area contributed by atoms with Gasteiger partial charge in [0.05, 0.1) is 6.10 Å². The Kier molecular flexibility index (Phi) is 2.60. The number of nitrogens with zero attached hydrogens (tertiary/aromatic N) is 5. The first-order chi connectivity index (χ1) is 10.1. The Balaban J connectivity index is 1.95. The summed E-state index contributed by atoms with van der Waals surface area (Å²) in [5, 5.41) is 18.6. The second-order valence-electron chi connectivity index (χ2n) is 4.99. The molecule has 3 aromatic rings. The Hall–Kier alpha value is -2.25. The first kappa shape index (κ1) is 12.5. The summed E-state index contributed by atoms with van der Waals surface area (Å²) in [4.78, 5) is 8.02. The Morgan fingerprint density at radius 3 is 2.95 bits per heavy atom. The molecular formula is C13H11ClN6O. The van der Waals surface area contributed by atoms with E-state index >= 15 is 0 Å². The molecule has 4 rings (SSSR count). The van der Waals surface area contributed by atoms with E-state index in [1.54, 1.807) is 4.68 Å². The molecule has 0 spiro atoms. The van der Waals surface area contributed by atoms with Gasteiger partial charge in [0.1, 0.15) is 6.04 Å². The number of hydrogen-bond acceptors (Lipinski definition) is 6. The Bertz CT molecular complexity index is 848. The predicted molar refractivity (Wildman–Crippen MR) is 76.8 cm³/mol. The van der Waals surface area contributed by atoms with Gasteiger partial charge < -0.3 is 10.8 Å². The Labute approximate surface area is 124 Å². The van der Waals surface area contributed by atoms with Gasteiger partial charge in [-0.1, -0.05) is 41.1 Å². The zero-order valence-electron chi connectivity index (χ0n) is 10.8. The number of aliphatic hydroxyl groups excluding tert-OH is 1. The summed E-state index contributed by atoms with van der Waals surface area (Å²) in [6, 6.07) is 7.49. The number of benzene rings is 1. The average Bonchev–Trinajstić information content (AvgIpc) is 2.98. The second kappa shape index (κ2) is 4.37. The lowest BCUT2D eigenvalue weighted by atomic mass is 10.1. The smallest absolute Gasteiger partial charge is 0.223 e. The van der Waals surface area contributed by atoms with Crippen molar-refractivity contribution in [2.45, 2.75) is 18.6 Å². The van der Waals surface area contributed by atoms with Gasteiger partial charge in [0.2, 0.25) is 5.95 Å². The molecule has 1 aromatic carbocycles. The third-order valence-corrected chi connectivity index (χ3v) is 3.99. The van der Waals surface area contributed by atoms with Crippen LogP contribution in [0.3, 0.4) is 0 Å². The van der Waals surface area contributed by atoms with Crippen molar-refractivity contribution in [1.29, 1.82) is 0 Å². The van der Waals surface area contributed by atoms with Crippen molar-refractivity contribution in [2.24, 2.45) is 0 Å². The lowest BCUT2D eigenvalue weighted by Gasteiger charge is -2.16. The molecule has 8 heteroatoms. The van der Waals surface area contributed by atoms with Gasteiger partial charge in [0, 0.05) is 6.42 Å². The maximum absolute atomic E-state index is 10.4. The third kappa shape index (κ3) is 1.78. The van der Waals surface area contributed by atoms with Gasteiger partial charge in [0.15, 0.2) is 16.3 Å². The van der Waals surface area contributed by atoms with E-state index in [0.717, 1.165) is 11.1 Å². The maximum Gasteiger partial charge on any atom is 0.223 e. The number of rotatable bonds is 1. The maximum atomic E-state index is 10.4. The number of aliphatic hydroxyl groups is 1. The van der Waals surface area contributed by atoms with E-state index in [0.29, 0.717) is 17.6 Å². The van der Waals surface area contributed by atoms with Crippen molar-refractivity contribution in [3.05, 3.63) is 40.5 Å². The number of nitrogens with two attached hydrogens (primary N) is 1. The first-order valence-corrected chi connectivity index (χ1v) is 6.82. The summed E-state index contributed by atoms with van der Waals surface area (Å²) in [7, 11) is 0. The van der Waals surface area contributed by atoms with Crippen LogP contribution in [0.5, 0.6) is 0 Å². The fraction of sp³-hybridized carbons (Fsp3) is 0.231. The van der Waals surface area contributed by atoms with Gasteiger partial charge in [0.25, 0.3) is 0 Å². The second-order valence-corrected chi connectivity index (χ2v) is 5.35. The fourth-order valence-corrected chi connectivity index (χ4v) is 3.06. The summed E-state index contributed by atoms with van der Waals surface area (Å²) < 4.78 is 1.57. The van der Waals surface area contributed by atoms with Crippen molar-refractivity contribution in [3.8, 4) is 0 Å². The highest BCUT2D eigenvalue weighted by atomic mass is 35.5. The molecule has 7 nitrogen and oxygen atoms in total. The predicted octanol–water partition coefficient (Wildman–Crippen LogP) is 0.963. The van der Waals surface area contributed by atoms with Crippen LogP contribution < -0.4 is 5.73 Å². The Morgan fingerprint density at radius 2 is 2.10 bits per heavy atom. The lowest BCUT2D eigenvalue weighted by Crippen LogP contribution is -2.22. The molecule has 0 amide bonds. The van der Waals surface area contributed by atoms with Gasteiger partial charge >= 0.3 is 0 Å². The normalized spacial score (nSPS) is 20.9. The summed E-state index contributed by atoms with van der Waals surface area (Å²) in [6.07, 6.45) is -0.0292. The van der Waals surface area contributed by atoms with E-state index in [4.69, 9.17) is 17.3 Å². The minimum atomic E-state index is -0.595. The lowest BCUT2D eigenvalue weighted by molar-refractivity contribution is 0.139. The van der Waals surface area contributed by atoms with Crippen molar-refractivity contribution in [1.82, 2.24) is 25.0 Å². The number of nitrogen functional groups attached to an aromatic ring is 1. The minimum absolute atomic E-state index is 0.0526. The van der Waals surface area contributed by atoms with Gasteiger partial charge in [-0.25, -0.2) is 4.68 Å². The van der Waals surface area contributed by atoms with Crippen LogP contribution >= 0.6 is 11.6 Å². The molecule has 2 aromatic heterocycles. The number of hydrogen-bond donors (Lipinski definition) is 2. The number of aromatic nitrogens is 5. The molecule has 21 heavy (non-hydrogen) atoms. The number of fused-ring (bicyclic) bond motifs is 2. The van der Waals surface area contributed by atoms with Crippen molar-refractivity contribution >= 4 is 28.7 Å². The van der Waals surface area contributed by atoms with Crippen LogP contribution in [0.25, 0.3) is 11.2 Å². The van der Waals surface area contributed by atoms with Gasteiger partial charge in [-0.15, -0.1) is 5.10 Å². The van der Waals surface area contributed by atoms with Crippen molar-refractivity contribution < 1.29 is 5.11 Å². The molecule has 2 atom stereocenters. The molecule has 0 aliphatic heterocycles. The first-order valence-electron chi connectivity index (χ1n) is 6.45. The molecule has 1 aliphatic rings. The highest BCUT2D eigenvalue weighted by Crippen LogP contribution is 2.35. The SMILES string of the molecule is Nc1nc(Cl)c2nnn([C@@H]3c4ccccc4C[C@@H]3O)c2n1. The number of halogens is 1. The molecular weight excluding hydrogens is 292 g/mol. The van der Waals surface area contributed by atoms with Crippen LogP contribution in [0, 0.1) is 0 Å². The summed E-state index contributed by atoms with van der Waals surface area (Å²) in [6.45, 7) is 0. The van der Waals surface area contributed by atoms with Crippen LogP contribution in [0.1, 0.15) is 17.2 Å². The van der Waals surface area contributed by atoms with E-state index in [-0.39, 0.29) is 17.1 Å². The molecule has 1 aliphatic carbocycles. The monoisotopic (exact) mass is 302 g/mol. The minimum Gasteiger partial charge on any atom is -0.390 e. The van der Waals surface area contributed by atoms with Crippen LogP contribution in [-0.2, 0) is 6.42 Å². The van der Waals surface area contributed by atoms with Crippen LogP contribution in [0.15, 0.2) is 24.3 Å². The molecule has 0 saturated heterocycles. The molecule has 0 fully saturated rings. The molecule has 2 heterocycles. The van der Waals surface area contributed by atoms with Crippen molar-refractivity contribution in [3.63, 3.8) is 0 Å². The molecule has 0 radical (unpaired) electrons. The van der Waals surface area contributed by atoms with E-state index in [1.165, 1.54) is 0 Å². The molecule has 0 unspecified atom stereocenters. The average molecular weight is 303 g/mol. The number of anilines is 1. The summed E-state index contributed by atoms with van der Waals surface area (Å²) >= 11 is 6.01. The fourth-order valence-electron chi connectivity index (χ4n) is 2.85. The highest BCUT2D eigenvalue weighted by Gasteiger charge is 2.34. The van der Waals surface area contributed by atoms with E-state index in [1.807, 2.05) is 24.3 Å². The zero-order chi connectivity index (χ0) is 14.6. The van der Waals surface area contributed by atoms with Crippen LogP contribution in [0.2, 0.25) is 5.15 Å². The van der Waals surface area contributed by atoms with Gasteiger partial charge in [-0.2, -0.15) is 9.97 Å². The Morgan fingerprint density at radius 1 is 1.29 bits per heavy atom. The quantitative estimate of drug-likeness (QED) is 0.649. The third-order valence-electron chi connectivity index (χ3n) is 3.73. The van der Waals surface area contributed by atoms with E-state index < -0.39 is 6.10 Å². The van der Waals surface area contributed by atoms with E-state index in [9.17, 15) is 5.11 Å². The zero-order valence-corrected chi connectivity index (χ0v) is 11.6. The molecule has 3 N–H and O–H groups in total. The molecule has 0 bridgehead atoms. The van der Waals surface area contributed by atoms with E-state index in [2.05, 4.69) is 20.3 Å². The van der Waals surface area contributed by atoms with Gasteiger partial charge in [-0.05, 0) is 11.1 Å². The van der Waals surface area contributed by atoms with Crippen LogP contribution in [0.4, 0.5) is 5.95 Å². The topological polar surface area (TPSA) is 103 Å². The molecule has 0 saturated carbocycles. The van der Waals surface area contributed by atoms with Gasteiger partial charge in [-0.3, -0.25) is 0 Å². The standard InChI is InChI=1S/C13H11ClN6O/c14-11-9-12(17-13(15)16-11)20(19-18-9)10-7-4-2-1-3-6(7)5-8(10)21/h1-4,8,10,21H,5H2,(H2,15,16,17)/t8-,10+/m0/s1. The molecule has 106 valence electrons. The highest BCUT2D eigenvalue weighted by molar-refractivity contribution is 6.33. The van der Waals surface area contributed by atoms with Crippen LogP contribution in [-0.4, -0.2) is 36.2 Å². The summed E-state index contributed by atoms with van der Waals surface area (Å²) in [5.74, 6) is 0.0526. The largest absolute Gasteiger partial charge is 0.390 e.